The first-order valence-electron chi connectivity index (χ1n) is 11.4. The van der Waals surface area contributed by atoms with Gasteiger partial charge in [0.2, 0.25) is 21.7 Å². The van der Waals surface area contributed by atoms with Gasteiger partial charge in [0, 0.05) is 63.5 Å². The number of amides is 1. The fourth-order valence-electron chi connectivity index (χ4n) is 4.15. The van der Waals surface area contributed by atoms with E-state index in [1.807, 2.05) is 12.1 Å². The van der Waals surface area contributed by atoms with Crippen molar-refractivity contribution in [1.82, 2.24) is 24.3 Å². The largest absolute Gasteiger partial charge is 0.379 e. The average molecular weight is 499 g/mol. The van der Waals surface area contributed by atoms with Crippen molar-refractivity contribution >= 4 is 21.7 Å². The standard InChI is InChI=1S/C23H26N6O5S/c1-17-25-22(26-34-17)19-4-7-21(24-16-19)27-8-10-28(11-9-27)23(30)18-2-5-20(6-3-18)35(31,32)29-12-14-33-15-13-29/h2-7,16H,8-15H2,1H3. The molecule has 2 saturated heterocycles. The van der Waals surface area contributed by atoms with Gasteiger partial charge in [0.25, 0.3) is 5.91 Å². The second-order valence-electron chi connectivity index (χ2n) is 8.36. The molecule has 3 aromatic rings. The number of carbonyl (C=O) groups is 1. The smallest absolute Gasteiger partial charge is 0.253 e. The molecule has 2 fully saturated rings. The van der Waals surface area contributed by atoms with E-state index in [0.29, 0.717) is 69.8 Å². The Hall–Kier alpha value is -3.35. The zero-order chi connectivity index (χ0) is 24.4. The normalized spacial score (nSPS) is 17.5. The molecule has 1 aromatic carbocycles. The molecule has 0 aliphatic carbocycles. The van der Waals surface area contributed by atoms with Crippen molar-refractivity contribution in [1.29, 1.82) is 0 Å². The number of pyridine rings is 1. The highest BCUT2D eigenvalue weighted by molar-refractivity contribution is 7.89. The second-order valence-corrected chi connectivity index (χ2v) is 10.3. The number of hydrogen-bond donors (Lipinski definition) is 0. The zero-order valence-electron chi connectivity index (χ0n) is 19.3. The number of sulfonamides is 1. The molecular weight excluding hydrogens is 472 g/mol. The molecule has 4 heterocycles. The van der Waals surface area contributed by atoms with Crippen LogP contribution in [0.1, 0.15) is 16.2 Å². The van der Waals surface area contributed by atoms with Crippen molar-refractivity contribution in [2.75, 3.05) is 57.4 Å². The molecule has 2 aliphatic heterocycles. The number of carbonyl (C=O) groups excluding carboxylic acids is 1. The third-order valence-corrected chi connectivity index (χ3v) is 8.05. The minimum absolute atomic E-state index is 0.115. The minimum Gasteiger partial charge on any atom is -0.379 e. The van der Waals surface area contributed by atoms with Gasteiger partial charge in [0.05, 0.1) is 18.1 Å². The molecular formula is C23H26N6O5S. The Morgan fingerprint density at radius 2 is 1.66 bits per heavy atom. The maximum Gasteiger partial charge on any atom is 0.253 e. The van der Waals surface area contributed by atoms with Crippen LogP contribution in [0.15, 0.2) is 52.0 Å². The molecule has 11 nitrogen and oxygen atoms in total. The van der Waals surface area contributed by atoms with E-state index >= 15 is 0 Å². The molecule has 5 rings (SSSR count). The third-order valence-electron chi connectivity index (χ3n) is 6.13. The summed E-state index contributed by atoms with van der Waals surface area (Å²) in [5.41, 5.74) is 1.25. The van der Waals surface area contributed by atoms with Crippen LogP contribution in [0.3, 0.4) is 0 Å². The Kier molecular flexibility index (Phi) is 6.50. The summed E-state index contributed by atoms with van der Waals surface area (Å²) in [5, 5.41) is 3.90. The lowest BCUT2D eigenvalue weighted by atomic mass is 10.2. The summed E-state index contributed by atoms with van der Waals surface area (Å²) in [7, 11) is -3.59. The van der Waals surface area contributed by atoms with Crippen LogP contribution >= 0.6 is 0 Å². The molecule has 1 amide bonds. The van der Waals surface area contributed by atoms with E-state index in [1.54, 1.807) is 30.2 Å². The van der Waals surface area contributed by atoms with E-state index in [1.165, 1.54) is 16.4 Å². The van der Waals surface area contributed by atoms with Crippen LogP contribution in [0.2, 0.25) is 0 Å². The maximum absolute atomic E-state index is 13.0. The highest BCUT2D eigenvalue weighted by Gasteiger charge is 2.27. The van der Waals surface area contributed by atoms with Gasteiger partial charge in [-0.1, -0.05) is 5.16 Å². The highest BCUT2D eigenvalue weighted by atomic mass is 32.2. The topological polar surface area (TPSA) is 122 Å². The number of hydrogen-bond acceptors (Lipinski definition) is 9. The Balaban J connectivity index is 1.19. The second kappa shape index (κ2) is 9.72. The monoisotopic (exact) mass is 498 g/mol. The number of rotatable bonds is 5. The Morgan fingerprint density at radius 3 is 2.26 bits per heavy atom. The molecule has 0 unspecified atom stereocenters. The van der Waals surface area contributed by atoms with Gasteiger partial charge in [0.15, 0.2) is 0 Å². The lowest BCUT2D eigenvalue weighted by Gasteiger charge is -2.35. The van der Waals surface area contributed by atoms with Crippen molar-refractivity contribution < 1.29 is 22.5 Å². The van der Waals surface area contributed by atoms with E-state index in [2.05, 4.69) is 20.0 Å². The molecule has 0 spiro atoms. The Labute approximate surface area is 203 Å². The van der Waals surface area contributed by atoms with Gasteiger partial charge in [-0.2, -0.15) is 9.29 Å². The number of piperazine rings is 1. The van der Waals surface area contributed by atoms with Gasteiger partial charge in [-0.25, -0.2) is 13.4 Å². The summed E-state index contributed by atoms with van der Waals surface area (Å²) in [5.74, 6) is 1.70. The van der Waals surface area contributed by atoms with Crippen LogP contribution in [0.5, 0.6) is 0 Å². The molecule has 0 radical (unpaired) electrons. The fraction of sp³-hybridized carbons (Fsp3) is 0.391. The van der Waals surface area contributed by atoms with Crippen LogP contribution < -0.4 is 4.90 Å². The van der Waals surface area contributed by atoms with Gasteiger partial charge in [-0.3, -0.25) is 4.79 Å². The van der Waals surface area contributed by atoms with Crippen molar-refractivity contribution in [2.24, 2.45) is 0 Å². The van der Waals surface area contributed by atoms with Gasteiger partial charge in [-0.05, 0) is 36.4 Å². The minimum atomic E-state index is -3.59. The Bertz CT molecular complexity index is 1280. The Morgan fingerprint density at radius 1 is 0.943 bits per heavy atom. The van der Waals surface area contributed by atoms with E-state index in [4.69, 9.17) is 9.26 Å². The van der Waals surface area contributed by atoms with Gasteiger partial charge in [0.1, 0.15) is 5.82 Å². The number of nitrogens with zero attached hydrogens (tertiary/aromatic N) is 6. The predicted octanol–water partition coefficient (Wildman–Crippen LogP) is 1.42. The summed E-state index contributed by atoms with van der Waals surface area (Å²) < 4.78 is 37.3. The van der Waals surface area contributed by atoms with Gasteiger partial charge >= 0.3 is 0 Å². The van der Waals surface area contributed by atoms with Crippen LogP contribution in [-0.2, 0) is 14.8 Å². The van der Waals surface area contributed by atoms with Crippen molar-refractivity contribution in [3.05, 3.63) is 54.0 Å². The van der Waals surface area contributed by atoms with Crippen molar-refractivity contribution in [3.8, 4) is 11.4 Å². The quantitative estimate of drug-likeness (QED) is 0.514. The molecule has 2 aromatic heterocycles. The van der Waals surface area contributed by atoms with E-state index in [0.717, 1.165) is 11.4 Å². The van der Waals surface area contributed by atoms with Gasteiger partial charge in [-0.15, -0.1) is 0 Å². The number of benzene rings is 1. The average Bonchev–Trinajstić information content (AvgIpc) is 3.35. The fourth-order valence-corrected chi connectivity index (χ4v) is 5.56. The van der Waals surface area contributed by atoms with Crippen LogP contribution in [0, 0.1) is 6.92 Å². The predicted molar refractivity (Wildman–Crippen MR) is 126 cm³/mol. The molecule has 0 bridgehead atoms. The highest BCUT2D eigenvalue weighted by Crippen LogP contribution is 2.21. The zero-order valence-corrected chi connectivity index (χ0v) is 20.1. The first kappa shape index (κ1) is 23.4. The van der Waals surface area contributed by atoms with Crippen LogP contribution in [0.4, 0.5) is 5.82 Å². The first-order chi connectivity index (χ1) is 16.9. The van der Waals surface area contributed by atoms with E-state index in [9.17, 15) is 13.2 Å². The lowest BCUT2D eigenvalue weighted by Crippen LogP contribution is -2.49. The molecule has 0 saturated carbocycles. The first-order valence-corrected chi connectivity index (χ1v) is 12.8. The summed E-state index contributed by atoms with van der Waals surface area (Å²) >= 11 is 0. The third kappa shape index (κ3) is 4.90. The maximum atomic E-state index is 13.0. The molecule has 35 heavy (non-hydrogen) atoms. The summed E-state index contributed by atoms with van der Waals surface area (Å²) in [6.45, 7) is 5.55. The van der Waals surface area contributed by atoms with Gasteiger partial charge < -0.3 is 19.1 Å². The van der Waals surface area contributed by atoms with Crippen LogP contribution in [-0.4, -0.2) is 91.1 Å². The van der Waals surface area contributed by atoms with E-state index in [-0.39, 0.29) is 10.8 Å². The molecule has 2 aliphatic rings. The number of aromatic nitrogens is 3. The number of anilines is 1. The number of ether oxygens (including phenoxy) is 1. The number of morpholine rings is 1. The van der Waals surface area contributed by atoms with E-state index < -0.39 is 10.0 Å². The SMILES string of the molecule is Cc1nc(-c2ccc(N3CCN(C(=O)c4ccc(S(=O)(=O)N5CCOCC5)cc4)CC3)nc2)no1. The lowest BCUT2D eigenvalue weighted by molar-refractivity contribution is 0.0730. The van der Waals surface area contributed by atoms with Crippen molar-refractivity contribution in [3.63, 3.8) is 0 Å². The molecule has 184 valence electrons. The van der Waals surface area contributed by atoms with Crippen molar-refractivity contribution in [2.45, 2.75) is 11.8 Å². The molecule has 12 heteroatoms. The summed E-state index contributed by atoms with van der Waals surface area (Å²) in [6, 6.07) is 9.99. The molecule has 0 atom stereocenters. The molecule has 0 N–H and O–H groups in total. The number of aryl methyl sites for hydroxylation is 1. The van der Waals surface area contributed by atoms with Crippen LogP contribution in [0.25, 0.3) is 11.4 Å². The summed E-state index contributed by atoms with van der Waals surface area (Å²) in [4.78, 5) is 25.8. The summed E-state index contributed by atoms with van der Waals surface area (Å²) in [6.07, 6.45) is 1.71.